The fourth-order valence-corrected chi connectivity index (χ4v) is 3.39. The highest BCUT2D eigenvalue weighted by molar-refractivity contribution is 14.1. The number of nitrogens with one attached hydrogen (secondary N) is 1. The number of nitrogens with zero attached hydrogens (tertiary/aromatic N) is 1. The molecule has 2 N–H and O–H groups in total. The normalized spacial score (nSPS) is 13.0. The molecule has 7 heteroatoms. The maximum absolute atomic E-state index is 14.2. The average molecular weight is 444 g/mol. The van der Waals surface area contributed by atoms with Crippen molar-refractivity contribution in [2.45, 2.75) is 26.3 Å². The number of rotatable bonds is 5. The van der Waals surface area contributed by atoms with Crippen molar-refractivity contribution in [2.24, 2.45) is 0 Å². The monoisotopic (exact) mass is 444 g/mol. The molecule has 0 spiro atoms. The quantitative estimate of drug-likeness (QED) is 0.697. The maximum atomic E-state index is 14.2. The first-order chi connectivity index (χ1) is 11.5. The summed E-state index contributed by atoms with van der Waals surface area (Å²) < 4.78 is 22.4. The van der Waals surface area contributed by atoms with E-state index in [1.807, 2.05) is 22.6 Å². The van der Waals surface area contributed by atoms with Crippen LogP contribution in [0.4, 0.5) is 15.8 Å². The van der Waals surface area contributed by atoms with Gasteiger partial charge in [0.1, 0.15) is 12.4 Å². The number of aliphatic hydroxyl groups is 1. The Morgan fingerprint density at radius 2 is 2.25 bits per heavy atom. The molecule has 2 aromatic rings. The maximum Gasteiger partial charge on any atom is 0.256 e. The molecule has 1 aliphatic heterocycles. The van der Waals surface area contributed by atoms with Gasteiger partial charge >= 0.3 is 0 Å². The highest BCUT2D eigenvalue weighted by atomic mass is 127. The Kier molecular flexibility index (Phi) is 5.09. The Morgan fingerprint density at radius 3 is 2.96 bits per heavy atom. The highest BCUT2D eigenvalue weighted by Gasteiger charge is 2.24. The van der Waals surface area contributed by atoms with E-state index in [2.05, 4.69) is 5.32 Å². The molecule has 0 saturated heterocycles. The Bertz CT molecular complexity index is 836. The van der Waals surface area contributed by atoms with Crippen molar-refractivity contribution in [1.29, 1.82) is 0 Å². The zero-order chi connectivity index (χ0) is 17.3. The van der Waals surface area contributed by atoms with Gasteiger partial charge in [-0.1, -0.05) is 0 Å². The summed E-state index contributed by atoms with van der Waals surface area (Å²) in [7, 11) is 0. The Hall–Kier alpha value is -1.61. The molecule has 1 aromatic carbocycles. The fourth-order valence-electron chi connectivity index (χ4n) is 2.94. The van der Waals surface area contributed by atoms with Gasteiger partial charge in [0.2, 0.25) is 0 Å². The molecule has 0 fully saturated rings. The summed E-state index contributed by atoms with van der Waals surface area (Å²) >= 11 is 2.04. The lowest BCUT2D eigenvalue weighted by Crippen LogP contribution is -2.24. The third-order valence-corrected chi connectivity index (χ3v) is 4.75. The van der Waals surface area contributed by atoms with Crippen LogP contribution in [0.1, 0.15) is 17.7 Å². The molecule has 0 aliphatic carbocycles. The summed E-state index contributed by atoms with van der Waals surface area (Å²) in [5.41, 5.74) is 1.95. The van der Waals surface area contributed by atoms with E-state index in [4.69, 9.17) is 9.84 Å². The summed E-state index contributed by atoms with van der Waals surface area (Å²) in [4.78, 5) is 12.6. The van der Waals surface area contributed by atoms with Crippen LogP contribution in [-0.2, 0) is 13.0 Å². The molecule has 0 saturated carbocycles. The molecule has 0 amide bonds. The first kappa shape index (κ1) is 17.2. The number of pyridine rings is 1. The van der Waals surface area contributed by atoms with E-state index in [1.165, 1.54) is 6.07 Å². The first-order valence-corrected chi connectivity index (χ1v) is 8.82. The zero-order valence-corrected chi connectivity index (χ0v) is 15.4. The third kappa shape index (κ3) is 3.14. The number of hydrogen-bond donors (Lipinski definition) is 2. The van der Waals surface area contributed by atoms with Crippen LogP contribution in [0.15, 0.2) is 23.0 Å². The largest absolute Gasteiger partial charge is 0.487 e. The van der Waals surface area contributed by atoms with Crippen LogP contribution < -0.4 is 15.6 Å². The topological polar surface area (TPSA) is 63.5 Å². The van der Waals surface area contributed by atoms with Crippen molar-refractivity contribution in [3.8, 4) is 5.75 Å². The van der Waals surface area contributed by atoms with E-state index in [1.54, 1.807) is 23.6 Å². The van der Waals surface area contributed by atoms with Gasteiger partial charge in [-0.25, -0.2) is 4.39 Å². The second kappa shape index (κ2) is 7.10. The molecule has 1 aliphatic rings. The Morgan fingerprint density at radius 1 is 1.46 bits per heavy atom. The number of anilines is 2. The molecular weight excluding hydrogens is 426 g/mol. The molecule has 128 valence electrons. The molecule has 0 unspecified atom stereocenters. The molecule has 5 nitrogen and oxygen atoms in total. The summed E-state index contributed by atoms with van der Waals surface area (Å²) in [6.07, 6.45) is 1.59. The van der Waals surface area contributed by atoms with Crippen LogP contribution in [0.25, 0.3) is 0 Å². The first-order valence-electron chi connectivity index (χ1n) is 7.75. The van der Waals surface area contributed by atoms with Crippen LogP contribution in [0, 0.1) is 16.3 Å². The average Bonchev–Trinajstić information content (AvgIpc) is 3.03. The van der Waals surface area contributed by atoms with Crippen molar-refractivity contribution in [3.63, 3.8) is 0 Å². The van der Waals surface area contributed by atoms with Gasteiger partial charge in [0.25, 0.3) is 5.56 Å². The van der Waals surface area contributed by atoms with E-state index in [0.717, 1.165) is 22.1 Å². The van der Waals surface area contributed by atoms with Gasteiger partial charge < -0.3 is 19.7 Å². The van der Waals surface area contributed by atoms with Crippen LogP contribution in [0.3, 0.4) is 0 Å². The third-order valence-electron chi connectivity index (χ3n) is 4.08. The number of aliphatic hydroxyl groups excluding tert-OH is 1. The lowest BCUT2D eigenvalue weighted by Gasteiger charge is -2.19. The number of halogens is 2. The van der Waals surface area contributed by atoms with Crippen LogP contribution in [-0.4, -0.2) is 22.9 Å². The second-order valence-electron chi connectivity index (χ2n) is 5.66. The lowest BCUT2D eigenvalue weighted by atomic mass is 10.1. The van der Waals surface area contributed by atoms with E-state index >= 15 is 0 Å². The van der Waals surface area contributed by atoms with Crippen molar-refractivity contribution in [2.75, 3.05) is 18.5 Å². The SMILES string of the molecule is Cc1c(Nc2ccc(I)cc2F)c(OCCO)c2n(c1=O)CCC2. The second-order valence-corrected chi connectivity index (χ2v) is 6.90. The highest BCUT2D eigenvalue weighted by Crippen LogP contribution is 2.36. The minimum Gasteiger partial charge on any atom is -0.487 e. The van der Waals surface area contributed by atoms with E-state index < -0.39 is 5.82 Å². The van der Waals surface area contributed by atoms with E-state index in [-0.39, 0.29) is 24.5 Å². The molecule has 0 radical (unpaired) electrons. The van der Waals surface area contributed by atoms with E-state index in [0.29, 0.717) is 23.5 Å². The van der Waals surface area contributed by atoms with Crippen molar-refractivity contribution in [3.05, 3.63) is 49.2 Å². The predicted octanol–water partition coefficient (Wildman–Crippen LogP) is 2.96. The minimum absolute atomic E-state index is 0.0905. The van der Waals surface area contributed by atoms with Gasteiger partial charge in [0.05, 0.1) is 23.7 Å². The molecule has 0 bridgehead atoms. The molecule has 2 heterocycles. The summed E-state index contributed by atoms with van der Waals surface area (Å²) in [5, 5.41) is 12.1. The Balaban J connectivity index is 2.11. The van der Waals surface area contributed by atoms with Gasteiger partial charge in [-0.05, 0) is 60.6 Å². The van der Waals surface area contributed by atoms with Crippen LogP contribution in [0.2, 0.25) is 0 Å². The number of fused-ring (bicyclic) bond motifs is 1. The van der Waals surface area contributed by atoms with Crippen molar-refractivity contribution >= 4 is 34.0 Å². The van der Waals surface area contributed by atoms with Gasteiger partial charge in [-0.2, -0.15) is 0 Å². The summed E-state index contributed by atoms with van der Waals surface area (Å²) in [6, 6.07) is 4.85. The van der Waals surface area contributed by atoms with Gasteiger partial charge in [-0.3, -0.25) is 4.79 Å². The number of benzene rings is 1. The number of hydrogen-bond acceptors (Lipinski definition) is 4. The Labute approximate surface area is 152 Å². The van der Waals surface area contributed by atoms with Gasteiger partial charge in [-0.15, -0.1) is 0 Å². The van der Waals surface area contributed by atoms with Crippen LogP contribution >= 0.6 is 22.6 Å². The van der Waals surface area contributed by atoms with Gasteiger partial charge in [0.15, 0.2) is 5.75 Å². The fraction of sp³-hybridized carbons (Fsp3) is 0.353. The van der Waals surface area contributed by atoms with Crippen molar-refractivity contribution < 1.29 is 14.2 Å². The van der Waals surface area contributed by atoms with Crippen molar-refractivity contribution in [1.82, 2.24) is 4.57 Å². The smallest absolute Gasteiger partial charge is 0.256 e. The summed E-state index contributed by atoms with van der Waals surface area (Å²) in [6.45, 7) is 2.35. The summed E-state index contributed by atoms with van der Waals surface area (Å²) in [5.74, 6) is 0.131. The lowest BCUT2D eigenvalue weighted by molar-refractivity contribution is 0.200. The van der Waals surface area contributed by atoms with E-state index in [9.17, 15) is 9.18 Å². The molecule has 3 rings (SSSR count). The molecule has 24 heavy (non-hydrogen) atoms. The van der Waals surface area contributed by atoms with Crippen LogP contribution in [0.5, 0.6) is 5.75 Å². The molecule has 1 aromatic heterocycles. The molecule has 0 atom stereocenters. The molecular formula is C17H18FIN2O3. The number of ether oxygens (including phenoxy) is 1. The van der Waals surface area contributed by atoms with Gasteiger partial charge in [0, 0.05) is 15.7 Å². The number of aromatic nitrogens is 1. The zero-order valence-electron chi connectivity index (χ0n) is 13.2. The minimum atomic E-state index is -0.394. The predicted molar refractivity (Wildman–Crippen MR) is 98.7 cm³/mol. The standard InChI is InChI=1S/C17H18FIN2O3/c1-10-15(20-13-5-4-11(19)9-12(13)18)16(24-8-7-22)14-3-2-6-21(14)17(10)23/h4-5,9,20,22H,2-3,6-8H2,1H3.